The van der Waals surface area contributed by atoms with Gasteiger partial charge in [0, 0.05) is 34.8 Å². The Morgan fingerprint density at radius 3 is 2.38 bits per heavy atom. The molecule has 3 aromatic rings. The lowest BCUT2D eigenvalue weighted by molar-refractivity contribution is -0.137. The summed E-state index contributed by atoms with van der Waals surface area (Å²) in [4.78, 5) is 15.2. The van der Waals surface area contributed by atoms with Crippen LogP contribution < -0.4 is 19.9 Å². The number of rotatable bonds is 6. The number of methoxy groups -OCH3 is 2. The number of anilines is 1. The largest absolute Gasteiger partial charge is 0.497 e. The lowest BCUT2D eigenvalue weighted by atomic mass is 10.0. The third-order valence-electron chi connectivity index (χ3n) is 5.60. The van der Waals surface area contributed by atoms with Crippen LogP contribution in [0, 0.1) is 0 Å². The van der Waals surface area contributed by atoms with E-state index in [1.807, 2.05) is 0 Å². The number of hydrogen-bond donors (Lipinski definition) is 1. The Kier molecular flexibility index (Phi) is 6.59. The van der Waals surface area contributed by atoms with E-state index in [2.05, 4.69) is 21.0 Å². The second-order valence-corrected chi connectivity index (χ2v) is 8.53. The highest BCUT2D eigenvalue weighted by atomic mass is 79.9. The van der Waals surface area contributed by atoms with Gasteiger partial charge in [-0.3, -0.25) is 4.79 Å². The molecular formula is C23H21BrF3N3O4. The van der Waals surface area contributed by atoms with Crippen molar-refractivity contribution >= 4 is 21.6 Å². The zero-order valence-electron chi connectivity index (χ0n) is 18.3. The standard InChI is InChI=1S/C23H21BrF3N3O4/c1-33-15-9-13(10-16(12-15)34-2)20-17-5-6-29(7-8-31)21(17)22(32)30(28-20)19-11-14(24)3-4-18(19)23(25,26)27/h3-4,9-12,31H,5-8H2,1-2H3. The number of aliphatic hydroxyl groups excluding tert-OH is 1. The summed E-state index contributed by atoms with van der Waals surface area (Å²) in [6.07, 6.45) is -4.27. The maximum Gasteiger partial charge on any atom is 0.418 e. The second-order valence-electron chi connectivity index (χ2n) is 7.61. The summed E-state index contributed by atoms with van der Waals surface area (Å²) in [7, 11) is 2.97. The molecule has 180 valence electrons. The topological polar surface area (TPSA) is 76.8 Å². The Balaban J connectivity index is 2.07. The van der Waals surface area contributed by atoms with E-state index in [0.717, 1.165) is 10.7 Å². The molecule has 34 heavy (non-hydrogen) atoms. The summed E-state index contributed by atoms with van der Waals surface area (Å²) in [6.45, 7) is 0.376. The van der Waals surface area contributed by atoms with Crippen molar-refractivity contribution in [2.24, 2.45) is 0 Å². The van der Waals surface area contributed by atoms with E-state index in [0.29, 0.717) is 45.8 Å². The molecule has 1 aliphatic heterocycles. The molecule has 0 bridgehead atoms. The highest BCUT2D eigenvalue weighted by Crippen LogP contribution is 2.38. The number of β-amino-alcohol motifs (C(OH)–C–C–N with tert-alkyl or cyclic N) is 1. The van der Waals surface area contributed by atoms with E-state index in [1.165, 1.54) is 26.4 Å². The molecule has 7 nitrogen and oxygen atoms in total. The van der Waals surface area contributed by atoms with Gasteiger partial charge in [-0.25, -0.2) is 0 Å². The number of ether oxygens (including phenoxy) is 2. The van der Waals surface area contributed by atoms with Crippen LogP contribution in [0.1, 0.15) is 11.1 Å². The molecule has 0 radical (unpaired) electrons. The monoisotopic (exact) mass is 539 g/mol. The number of nitrogens with zero attached hydrogens (tertiary/aromatic N) is 3. The van der Waals surface area contributed by atoms with Gasteiger partial charge in [-0.1, -0.05) is 15.9 Å². The van der Waals surface area contributed by atoms with Gasteiger partial charge in [0.15, 0.2) is 0 Å². The molecule has 1 aromatic heterocycles. The van der Waals surface area contributed by atoms with Gasteiger partial charge in [-0.2, -0.15) is 23.0 Å². The number of halogens is 4. The molecule has 0 unspecified atom stereocenters. The van der Waals surface area contributed by atoms with Gasteiger partial charge in [0.05, 0.1) is 37.8 Å². The molecule has 0 spiro atoms. The van der Waals surface area contributed by atoms with E-state index in [1.54, 1.807) is 23.1 Å². The molecular weight excluding hydrogens is 519 g/mol. The van der Waals surface area contributed by atoms with Crippen molar-refractivity contribution in [1.82, 2.24) is 9.78 Å². The van der Waals surface area contributed by atoms with E-state index < -0.39 is 23.0 Å². The fourth-order valence-electron chi connectivity index (χ4n) is 4.07. The van der Waals surface area contributed by atoms with Gasteiger partial charge in [0.25, 0.3) is 5.56 Å². The van der Waals surface area contributed by atoms with Gasteiger partial charge >= 0.3 is 6.18 Å². The highest BCUT2D eigenvalue weighted by Gasteiger charge is 2.36. The summed E-state index contributed by atoms with van der Waals surface area (Å²) in [5.41, 5.74) is -0.422. The van der Waals surface area contributed by atoms with Crippen LogP contribution in [0.5, 0.6) is 11.5 Å². The van der Waals surface area contributed by atoms with Gasteiger partial charge in [0.2, 0.25) is 0 Å². The molecule has 4 rings (SSSR count). The fraction of sp³-hybridized carbons (Fsp3) is 0.304. The maximum atomic E-state index is 13.9. The van der Waals surface area contributed by atoms with Crippen LogP contribution in [-0.2, 0) is 12.6 Å². The van der Waals surface area contributed by atoms with E-state index >= 15 is 0 Å². The first kappa shape index (κ1) is 24.1. The van der Waals surface area contributed by atoms with Gasteiger partial charge < -0.3 is 19.5 Å². The minimum atomic E-state index is -4.71. The van der Waals surface area contributed by atoms with Crippen molar-refractivity contribution in [2.75, 3.05) is 38.8 Å². The summed E-state index contributed by atoms with van der Waals surface area (Å²) >= 11 is 3.20. The van der Waals surface area contributed by atoms with Crippen molar-refractivity contribution in [1.29, 1.82) is 0 Å². The van der Waals surface area contributed by atoms with Crippen molar-refractivity contribution < 1.29 is 27.8 Å². The highest BCUT2D eigenvalue weighted by molar-refractivity contribution is 9.10. The first-order valence-electron chi connectivity index (χ1n) is 10.3. The number of fused-ring (bicyclic) bond motifs is 1. The molecule has 11 heteroatoms. The minimum Gasteiger partial charge on any atom is -0.497 e. The van der Waals surface area contributed by atoms with E-state index in [-0.39, 0.29) is 18.8 Å². The van der Waals surface area contributed by atoms with Crippen LogP contribution in [0.25, 0.3) is 16.9 Å². The molecule has 2 aromatic carbocycles. The molecule has 0 aliphatic carbocycles. The quantitative estimate of drug-likeness (QED) is 0.509. The van der Waals surface area contributed by atoms with Crippen molar-refractivity contribution in [3.63, 3.8) is 0 Å². The molecule has 0 fully saturated rings. The maximum absolute atomic E-state index is 13.9. The Labute approximate surface area is 201 Å². The normalized spacial score (nSPS) is 13.2. The average Bonchev–Trinajstić information content (AvgIpc) is 3.22. The third-order valence-corrected chi connectivity index (χ3v) is 6.10. The first-order valence-corrected chi connectivity index (χ1v) is 11.1. The van der Waals surface area contributed by atoms with E-state index in [4.69, 9.17) is 9.47 Å². The Bertz CT molecular complexity index is 1270. The van der Waals surface area contributed by atoms with Crippen LogP contribution in [0.15, 0.2) is 45.7 Å². The molecule has 1 aliphatic rings. The molecule has 1 N–H and O–H groups in total. The number of alkyl halides is 3. The van der Waals surface area contributed by atoms with Crippen LogP contribution in [-0.4, -0.2) is 48.8 Å². The number of benzene rings is 2. The van der Waals surface area contributed by atoms with Gasteiger partial charge in [-0.05, 0) is 36.8 Å². The number of hydrogen-bond acceptors (Lipinski definition) is 6. The van der Waals surface area contributed by atoms with Crippen LogP contribution in [0.2, 0.25) is 0 Å². The SMILES string of the molecule is COc1cc(OC)cc(-c2nn(-c3cc(Br)ccc3C(F)(F)F)c(=O)c3c2CCN3CCO)c1. The number of aromatic nitrogens is 2. The van der Waals surface area contributed by atoms with Gasteiger partial charge in [-0.15, -0.1) is 0 Å². The molecule has 0 atom stereocenters. The predicted molar refractivity (Wildman–Crippen MR) is 124 cm³/mol. The Morgan fingerprint density at radius 2 is 1.79 bits per heavy atom. The Morgan fingerprint density at radius 1 is 1.12 bits per heavy atom. The molecule has 0 saturated carbocycles. The minimum absolute atomic E-state index is 0.164. The van der Waals surface area contributed by atoms with Crippen LogP contribution in [0.3, 0.4) is 0 Å². The van der Waals surface area contributed by atoms with Gasteiger partial charge in [0.1, 0.15) is 17.2 Å². The zero-order valence-corrected chi connectivity index (χ0v) is 19.9. The Hall–Kier alpha value is -3.05. The molecule has 2 heterocycles. The summed E-state index contributed by atoms with van der Waals surface area (Å²) < 4.78 is 53.4. The third kappa shape index (κ3) is 4.37. The first-order chi connectivity index (χ1) is 16.2. The number of aliphatic hydroxyl groups is 1. The van der Waals surface area contributed by atoms with Crippen molar-refractivity contribution in [3.05, 3.63) is 62.4 Å². The van der Waals surface area contributed by atoms with Crippen LogP contribution >= 0.6 is 15.9 Å². The molecule has 0 amide bonds. The second kappa shape index (κ2) is 9.30. The summed E-state index contributed by atoms with van der Waals surface area (Å²) in [6, 6.07) is 8.40. The van der Waals surface area contributed by atoms with Crippen molar-refractivity contribution in [3.8, 4) is 28.4 Å². The smallest absolute Gasteiger partial charge is 0.418 e. The lowest BCUT2D eigenvalue weighted by Crippen LogP contribution is -2.33. The fourth-order valence-corrected chi connectivity index (χ4v) is 4.42. The van der Waals surface area contributed by atoms with Crippen molar-refractivity contribution in [2.45, 2.75) is 12.6 Å². The summed E-state index contributed by atoms with van der Waals surface area (Å²) in [5, 5.41) is 13.9. The predicted octanol–water partition coefficient (Wildman–Crippen LogP) is 4.05. The van der Waals surface area contributed by atoms with E-state index in [9.17, 15) is 23.1 Å². The summed E-state index contributed by atoms with van der Waals surface area (Å²) in [5.74, 6) is 0.928. The molecule has 0 saturated heterocycles. The average molecular weight is 540 g/mol. The lowest BCUT2D eigenvalue weighted by Gasteiger charge is -2.21. The zero-order chi connectivity index (χ0) is 24.6. The van der Waals surface area contributed by atoms with Crippen LogP contribution in [0.4, 0.5) is 18.9 Å².